The average Bonchev–Trinajstić information content (AvgIpc) is 3.84. The van der Waals surface area contributed by atoms with E-state index in [0.29, 0.717) is 11.3 Å². The van der Waals surface area contributed by atoms with Crippen molar-refractivity contribution < 1.29 is 9.60 Å². The number of hydrogen-bond acceptors (Lipinski definition) is 0. The van der Waals surface area contributed by atoms with E-state index in [9.17, 15) is 5.48 Å². The van der Waals surface area contributed by atoms with Gasteiger partial charge in [0.05, 0.1) is 31.7 Å². The highest BCUT2D eigenvalue weighted by molar-refractivity contribution is 6.17. The minimum Gasteiger partial charge on any atom is -0.309 e. The molecule has 2 heteroatoms. The molecular formula is C52H34N2. The van der Waals surface area contributed by atoms with Gasteiger partial charge >= 0.3 is 0 Å². The van der Waals surface area contributed by atoms with Gasteiger partial charge in [0.2, 0.25) is 0 Å². The Morgan fingerprint density at radius 1 is 0.352 bits per heavy atom. The van der Waals surface area contributed by atoms with Crippen LogP contribution in [0.2, 0.25) is 0 Å². The predicted molar refractivity (Wildman–Crippen MR) is 229 cm³/mol. The molecule has 9 aromatic carbocycles. The van der Waals surface area contributed by atoms with E-state index in [2.05, 4.69) is 77.4 Å². The van der Waals surface area contributed by atoms with Crippen molar-refractivity contribution in [2.75, 3.05) is 0 Å². The van der Waals surface area contributed by atoms with E-state index < -0.39 is 12.1 Å². The third-order valence-electron chi connectivity index (χ3n) is 10.5. The number of benzene rings is 9. The van der Waals surface area contributed by atoms with Gasteiger partial charge in [-0.25, -0.2) is 0 Å². The number of para-hydroxylation sites is 2. The van der Waals surface area contributed by atoms with Gasteiger partial charge in [-0.15, -0.1) is 0 Å². The Balaban J connectivity index is 1.17. The predicted octanol–water partition coefficient (Wildman–Crippen LogP) is 14.0. The van der Waals surface area contributed by atoms with Gasteiger partial charge in [0.1, 0.15) is 0 Å². The summed E-state index contributed by atoms with van der Waals surface area (Å²) in [5.74, 6) is 0. The fourth-order valence-corrected chi connectivity index (χ4v) is 8.03. The first-order valence-corrected chi connectivity index (χ1v) is 18.0. The Hall–Kier alpha value is -7.16. The van der Waals surface area contributed by atoms with E-state index in [-0.39, 0.29) is 57.6 Å². The summed E-state index contributed by atoms with van der Waals surface area (Å²) in [5.41, 5.74) is 8.67. The summed E-state index contributed by atoms with van der Waals surface area (Å²) in [6, 6.07) is 52.8. The molecule has 0 aliphatic carbocycles. The number of aromatic nitrogens is 2. The number of hydrogen-bond donors (Lipinski definition) is 0. The van der Waals surface area contributed by atoms with Crippen LogP contribution in [0, 0.1) is 0 Å². The van der Waals surface area contributed by atoms with E-state index in [1.807, 2.05) is 91.0 Å². The lowest BCUT2D eigenvalue weighted by atomic mass is 9.97. The summed E-state index contributed by atoms with van der Waals surface area (Å²) in [5, 5.41) is 4.52. The van der Waals surface area contributed by atoms with E-state index in [1.165, 1.54) is 0 Å². The lowest BCUT2D eigenvalue weighted by Crippen LogP contribution is -1.94. The summed E-state index contributed by atoms with van der Waals surface area (Å²) >= 11 is 0. The molecule has 0 spiro atoms. The van der Waals surface area contributed by atoms with Crippen molar-refractivity contribution >= 4 is 54.4 Å². The smallest absolute Gasteiger partial charge is 0.0645 e. The van der Waals surface area contributed by atoms with Gasteiger partial charge in [0.15, 0.2) is 0 Å². The third-order valence-corrected chi connectivity index (χ3v) is 10.5. The van der Waals surface area contributed by atoms with Gasteiger partial charge < -0.3 is 9.13 Å². The lowest BCUT2D eigenvalue weighted by molar-refractivity contribution is 1.18. The molecule has 11 aromatic rings. The zero-order valence-corrected chi connectivity index (χ0v) is 29.0. The maximum absolute atomic E-state index is 9.89. The first-order valence-electron chi connectivity index (χ1n) is 21.5. The monoisotopic (exact) mass is 693 g/mol. The lowest BCUT2D eigenvalue weighted by Gasteiger charge is -2.11. The summed E-state index contributed by atoms with van der Waals surface area (Å²) < 4.78 is 68.7. The highest BCUT2D eigenvalue weighted by atomic mass is 15.0. The van der Waals surface area contributed by atoms with Crippen LogP contribution >= 0.6 is 0 Å². The minimum atomic E-state index is -0.422. The molecule has 2 heterocycles. The van der Waals surface area contributed by atoms with Gasteiger partial charge in [0.25, 0.3) is 0 Å². The number of fused-ring (bicyclic) bond motifs is 7. The molecule has 0 saturated carbocycles. The Kier molecular flexibility index (Phi) is 5.47. The second kappa shape index (κ2) is 12.2. The molecule has 252 valence electrons. The minimum absolute atomic E-state index is 0.0769. The van der Waals surface area contributed by atoms with Crippen molar-refractivity contribution in [2.24, 2.45) is 0 Å². The molecule has 54 heavy (non-hydrogen) atoms. The van der Waals surface area contributed by atoms with Crippen molar-refractivity contribution in [2.45, 2.75) is 0 Å². The van der Waals surface area contributed by atoms with Gasteiger partial charge in [-0.3, -0.25) is 0 Å². The van der Waals surface area contributed by atoms with Crippen molar-refractivity contribution in [1.29, 1.82) is 0 Å². The van der Waals surface area contributed by atoms with E-state index >= 15 is 0 Å². The molecule has 0 aliphatic heterocycles. The molecule has 0 atom stereocenters. The van der Waals surface area contributed by atoms with Crippen LogP contribution < -0.4 is 0 Å². The van der Waals surface area contributed by atoms with Crippen molar-refractivity contribution in [3.63, 3.8) is 0 Å². The second-order valence-electron chi connectivity index (χ2n) is 13.6. The largest absolute Gasteiger partial charge is 0.309 e. The van der Waals surface area contributed by atoms with Crippen LogP contribution in [-0.2, 0) is 0 Å². The van der Waals surface area contributed by atoms with Gasteiger partial charge in [-0.1, -0.05) is 139 Å². The summed E-state index contributed by atoms with van der Waals surface area (Å²) in [7, 11) is 0. The summed E-state index contributed by atoms with van der Waals surface area (Å²) in [6.07, 6.45) is 0. The quantitative estimate of drug-likeness (QED) is 0.170. The van der Waals surface area contributed by atoms with Crippen molar-refractivity contribution in [1.82, 2.24) is 9.13 Å². The molecule has 0 radical (unpaired) electrons. The van der Waals surface area contributed by atoms with Crippen LogP contribution in [0.5, 0.6) is 0 Å². The summed E-state index contributed by atoms with van der Waals surface area (Å²) in [4.78, 5) is 0. The van der Waals surface area contributed by atoms with Crippen LogP contribution in [0.4, 0.5) is 0 Å². The van der Waals surface area contributed by atoms with E-state index in [1.54, 1.807) is 4.57 Å². The molecule has 0 saturated heterocycles. The Labute approximate surface area is 323 Å². The molecule has 0 bridgehead atoms. The Morgan fingerprint density at radius 2 is 1.02 bits per heavy atom. The normalized spacial score (nSPS) is 13.5. The fraction of sp³-hybridized carbons (Fsp3) is 0. The second-order valence-corrected chi connectivity index (χ2v) is 13.6. The van der Waals surface area contributed by atoms with Crippen molar-refractivity contribution in [3.05, 3.63) is 206 Å². The van der Waals surface area contributed by atoms with Crippen LogP contribution in [0.3, 0.4) is 0 Å². The number of rotatable bonds is 5. The van der Waals surface area contributed by atoms with Crippen LogP contribution in [0.25, 0.3) is 99.1 Å². The first kappa shape index (κ1) is 24.2. The van der Waals surface area contributed by atoms with E-state index in [0.717, 1.165) is 60.5 Å². The zero-order chi connectivity index (χ0) is 41.7. The first-order chi connectivity index (χ1) is 29.7. The molecule has 2 aromatic heterocycles. The van der Waals surface area contributed by atoms with Crippen LogP contribution in [-0.4, -0.2) is 9.13 Å². The fourth-order valence-electron chi connectivity index (χ4n) is 8.03. The van der Waals surface area contributed by atoms with Crippen LogP contribution in [0.15, 0.2) is 206 Å². The topological polar surface area (TPSA) is 9.86 Å². The highest BCUT2D eigenvalue weighted by Crippen LogP contribution is 2.41. The maximum Gasteiger partial charge on any atom is 0.0645 e. The molecule has 0 aliphatic rings. The standard InChI is InChI=1S/C52H34N2/c1-3-13-37(14-4-1)44-19-11-21-51-52(44)47-34-41(27-31-50(47)54(51)42-16-5-2-6-17-42)40-26-30-49-46(33-40)45-18-9-10-20-48(45)53(49)43-28-24-36(25-29-43)39-23-22-35-12-7-8-15-38(35)32-39/h1-34H/i9D,10D,18D,20D,26D,30D,33D. The highest BCUT2D eigenvalue weighted by Gasteiger charge is 2.18. The molecule has 11 rings (SSSR count). The average molecular weight is 694 g/mol. The third kappa shape index (κ3) is 4.81. The number of nitrogens with zero attached hydrogens (tertiary/aromatic N) is 2. The van der Waals surface area contributed by atoms with Gasteiger partial charge in [-0.2, -0.15) is 0 Å². The van der Waals surface area contributed by atoms with E-state index in [4.69, 9.17) is 4.11 Å². The molecule has 0 N–H and O–H groups in total. The molecular weight excluding hydrogens is 653 g/mol. The molecule has 0 fully saturated rings. The zero-order valence-electron chi connectivity index (χ0n) is 36.0. The Morgan fingerprint density at radius 3 is 1.87 bits per heavy atom. The SMILES string of the molecule is [2H]c1c([2H])c([2H])c2c(c1[2H])c1c([2H])c(-c3ccc4c(c3)c3c(-c5ccccc5)cccc3n4-c3ccccc3)c([2H])c([2H])c1n2-c1ccc(-c2ccc3ccccc3c2)cc1. The Bertz CT molecular complexity index is 3590. The van der Waals surface area contributed by atoms with Gasteiger partial charge in [-0.05, 0) is 111 Å². The van der Waals surface area contributed by atoms with Gasteiger partial charge in [0, 0.05) is 32.9 Å². The molecule has 0 unspecified atom stereocenters. The molecule has 2 nitrogen and oxygen atoms in total. The maximum atomic E-state index is 9.89. The summed E-state index contributed by atoms with van der Waals surface area (Å²) in [6.45, 7) is 0. The molecule has 0 amide bonds. The van der Waals surface area contributed by atoms with Crippen molar-refractivity contribution in [3.8, 4) is 44.8 Å². The van der Waals surface area contributed by atoms with Crippen LogP contribution in [0.1, 0.15) is 9.60 Å².